The Labute approximate surface area is 213 Å². The Morgan fingerprint density at radius 1 is 1.05 bits per heavy atom. The predicted molar refractivity (Wildman–Crippen MR) is 143 cm³/mol. The van der Waals surface area contributed by atoms with Gasteiger partial charge in [-0.25, -0.2) is 14.6 Å². The van der Waals surface area contributed by atoms with Crippen molar-refractivity contribution < 1.29 is 4.79 Å². The Balaban J connectivity index is 1.44. The van der Waals surface area contributed by atoms with E-state index in [0.29, 0.717) is 23.7 Å². The molecule has 1 aliphatic heterocycles. The van der Waals surface area contributed by atoms with Gasteiger partial charge in [-0.2, -0.15) is 0 Å². The van der Waals surface area contributed by atoms with Crippen LogP contribution < -0.4 is 17.0 Å². The summed E-state index contributed by atoms with van der Waals surface area (Å²) in [6.45, 7) is 4.80. The highest BCUT2D eigenvalue weighted by Crippen LogP contribution is 2.39. The molecule has 2 aromatic carbocycles. The molecule has 9 nitrogen and oxygen atoms in total. The normalized spacial score (nSPS) is 14.9. The molecule has 0 saturated heterocycles. The van der Waals surface area contributed by atoms with Gasteiger partial charge in [-0.3, -0.25) is 14.3 Å². The van der Waals surface area contributed by atoms with Crippen molar-refractivity contribution in [1.82, 2.24) is 23.9 Å². The lowest BCUT2D eigenvalue weighted by Gasteiger charge is -2.12. The molecule has 1 amide bonds. The van der Waals surface area contributed by atoms with E-state index in [4.69, 9.17) is 11.5 Å². The fourth-order valence-corrected chi connectivity index (χ4v) is 5.52. The summed E-state index contributed by atoms with van der Waals surface area (Å²) in [5.41, 5.74) is 16.8. The van der Waals surface area contributed by atoms with Crippen LogP contribution in [0.4, 0.5) is 5.82 Å². The number of fused-ring (bicyclic) bond motifs is 2. The van der Waals surface area contributed by atoms with Crippen LogP contribution in [0, 0.1) is 0 Å². The number of nitrogens with two attached hydrogens (primary N) is 2. The van der Waals surface area contributed by atoms with Gasteiger partial charge in [-0.1, -0.05) is 42.5 Å². The lowest BCUT2D eigenvalue weighted by molar-refractivity contribution is 0.0998. The largest absolute Gasteiger partial charge is 0.383 e. The van der Waals surface area contributed by atoms with Crippen molar-refractivity contribution in [3.8, 4) is 16.8 Å². The Kier molecular flexibility index (Phi) is 5.22. The number of aromatic nitrogens is 5. The summed E-state index contributed by atoms with van der Waals surface area (Å²) >= 11 is 0. The fourth-order valence-electron chi connectivity index (χ4n) is 5.52. The Morgan fingerprint density at radius 3 is 2.46 bits per heavy atom. The molecule has 0 bridgehead atoms. The average Bonchev–Trinajstić information content (AvgIpc) is 3.56. The molecule has 0 radical (unpaired) electrons. The van der Waals surface area contributed by atoms with E-state index in [0.717, 1.165) is 34.1 Å². The molecule has 1 unspecified atom stereocenters. The number of benzene rings is 2. The Bertz CT molecular complexity index is 1710. The van der Waals surface area contributed by atoms with Crippen LogP contribution in [-0.2, 0) is 6.54 Å². The first kappa shape index (κ1) is 22.8. The van der Waals surface area contributed by atoms with Crippen LogP contribution in [0.2, 0.25) is 0 Å². The van der Waals surface area contributed by atoms with Crippen molar-refractivity contribution in [2.75, 3.05) is 5.73 Å². The lowest BCUT2D eigenvalue weighted by Crippen LogP contribution is -2.26. The fraction of sp³-hybridized carbons (Fsp3) is 0.214. The van der Waals surface area contributed by atoms with E-state index in [1.54, 1.807) is 4.68 Å². The molecular weight excluding hydrogens is 466 g/mol. The second-order valence-electron chi connectivity index (χ2n) is 9.66. The maximum absolute atomic E-state index is 13.3. The van der Waals surface area contributed by atoms with Gasteiger partial charge in [0.15, 0.2) is 0 Å². The number of hydrogen-bond acceptors (Lipinski definition) is 5. The van der Waals surface area contributed by atoms with E-state index in [-0.39, 0.29) is 23.1 Å². The first-order valence-corrected chi connectivity index (χ1v) is 12.3. The van der Waals surface area contributed by atoms with Crippen molar-refractivity contribution in [2.24, 2.45) is 5.73 Å². The number of anilines is 1. The smallest absolute Gasteiger partial charge is 0.284 e. The van der Waals surface area contributed by atoms with Crippen molar-refractivity contribution in [2.45, 2.75) is 38.8 Å². The second-order valence-corrected chi connectivity index (χ2v) is 9.66. The highest BCUT2D eigenvalue weighted by Gasteiger charge is 2.35. The summed E-state index contributed by atoms with van der Waals surface area (Å²) in [5.74, 6) is -0.389. The summed E-state index contributed by atoms with van der Waals surface area (Å²) < 4.78 is 5.55. The zero-order valence-electron chi connectivity index (χ0n) is 20.6. The first-order valence-electron chi connectivity index (χ1n) is 12.3. The molecule has 0 fully saturated rings. The number of rotatable bonds is 5. The van der Waals surface area contributed by atoms with Crippen LogP contribution in [-0.4, -0.2) is 29.8 Å². The van der Waals surface area contributed by atoms with Crippen molar-refractivity contribution in [3.63, 3.8) is 0 Å². The number of carbonyl (C=O) groups excluding carboxylic acids is 1. The van der Waals surface area contributed by atoms with Crippen LogP contribution in [0.3, 0.4) is 0 Å². The van der Waals surface area contributed by atoms with Crippen LogP contribution in [0.5, 0.6) is 0 Å². The molecular formula is C28H27N7O2. The quantitative estimate of drug-likeness (QED) is 0.385. The minimum atomic E-state index is -0.705. The second kappa shape index (κ2) is 8.48. The van der Waals surface area contributed by atoms with Gasteiger partial charge in [0.1, 0.15) is 23.4 Å². The molecule has 37 heavy (non-hydrogen) atoms. The van der Waals surface area contributed by atoms with Crippen LogP contribution >= 0.6 is 0 Å². The third-order valence-electron chi connectivity index (χ3n) is 7.21. The summed E-state index contributed by atoms with van der Waals surface area (Å²) in [6, 6.07) is 17.7. The molecule has 1 atom stereocenters. The lowest BCUT2D eigenvalue weighted by atomic mass is 9.91. The highest BCUT2D eigenvalue weighted by atomic mass is 16.2. The number of amides is 1. The van der Waals surface area contributed by atoms with Gasteiger partial charge in [0.25, 0.3) is 11.5 Å². The van der Waals surface area contributed by atoms with Gasteiger partial charge < -0.3 is 16.0 Å². The van der Waals surface area contributed by atoms with Gasteiger partial charge in [0.05, 0.1) is 16.8 Å². The molecule has 186 valence electrons. The first-order chi connectivity index (χ1) is 17.9. The predicted octanol–water partition coefficient (Wildman–Crippen LogP) is 3.85. The summed E-state index contributed by atoms with van der Waals surface area (Å²) in [7, 11) is 0. The molecule has 0 aliphatic carbocycles. The monoisotopic (exact) mass is 493 g/mol. The number of nitrogen functional groups attached to an aromatic ring is 1. The molecule has 0 spiro atoms. The summed E-state index contributed by atoms with van der Waals surface area (Å²) in [5, 5.41) is 0.828. The van der Waals surface area contributed by atoms with E-state index in [1.807, 2.05) is 59.3 Å². The molecule has 9 heteroatoms. The van der Waals surface area contributed by atoms with E-state index in [2.05, 4.69) is 34.6 Å². The molecule has 4 heterocycles. The number of para-hydroxylation sites is 1. The number of hydrogen-bond donors (Lipinski definition) is 2. The third kappa shape index (κ3) is 3.46. The van der Waals surface area contributed by atoms with Crippen molar-refractivity contribution in [3.05, 3.63) is 94.3 Å². The maximum Gasteiger partial charge on any atom is 0.284 e. The molecule has 3 aromatic heterocycles. The third-order valence-corrected chi connectivity index (χ3v) is 7.21. The standard InChI is InChI=1S/C28H27N7O2/c1-16(2)33-14-21(22-25(29)31-15-32-27(22)33)18-10-8-17(9-11-18)20-12-13-34-24(20)23(26(30)36)28(37)35(34)19-6-4-3-5-7-19/h3-11,14-16,20H,12-13H2,1-2H3,(H2,30,36)(H2,29,31,32). The SMILES string of the molecule is CC(C)n1cc(-c2ccc(C3CCn4c3c(C(N)=O)c(=O)n4-c3ccccc3)cc2)c2c(N)ncnc21. The van der Waals surface area contributed by atoms with Gasteiger partial charge in [-0.15, -0.1) is 0 Å². The Morgan fingerprint density at radius 2 is 1.78 bits per heavy atom. The Hall–Kier alpha value is -4.66. The van der Waals surface area contributed by atoms with Crippen LogP contribution in [0.25, 0.3) is 27.8 Å². The van der Waals surface area contributed by atoms with E-state index >= 15 is 0 Å². The number of nitrogens with zero attached hydrogens (tertiary/aromatic N) is 5. The molecule has 6 rings (SSSR count). The summed E-state index contributed by atoms with van der Waals surface area (Å²) in [4.78, 5) is 34.4. The molecule has 1 aliphatic rings. The molecule has 0 saturated carbocycles. The zero-order valence-corrected chi connectivity index (χ0v) is 20.6. The highest BCUT2D eigenvalue weighted by molar-refractivity contribution is 6.00. The van der Waals surface area contributed by atoms with E-state index < -0.39 is 5.91 Å². The minimum absolute atomic E-state index is 0.0559. The minimum Gasteiger partial charge on any atom is -0.383 e. The maximum atomic E-state index is 13.3. The van der Waals surface area contributed by atoms with E-state index in [1.165, 1.54) is 6.33 Å². The summed E-state index contributed by atoms with van der Waals surface area (Å²) in [6.07, 6.45) is 4.31. The van der Waals surface area contributed by atoms with Crippen LogP contribution in [0.1, 0.15) is 53.8 Å². The van der Waals surface area contributed by atoms with Crippen molar-refractivity contribution in [1.29, 1.82) is 0 Å². The molecule has 5 aromatic rings. The average molecular weight is 494 g/mol. The number of primary amides is 1. The van der Waals surface area contributed by atoms with E-state index in [9.17, 15) is 9.59 Å². The van der Waals surface area contributed by atoms with Gasteiger partial charge in [-0.05, 0) is 43.5 Å². The topological polar surface area (TPSA) is 127 Å². The van der Waals surface area contributed by atoms with Gasteiger partial charge in [0, 0.05) is 30.3 Å². The zero-order chi connectivity index (χ0) is 25.8. The van der Waals surface area contributed by atoms with Gasteiger partial charge >= 0.3 is 0 Å². The van der Waals surface area contributed by atoms with Gasteiger partial charge in [0.2, 0.25) is 0 Å². The molecule has 4 N–H and O–H groups in total. The van der Waals surface area contributed by atoms with Crippen molar-refractivity contribution >= 4 is 22.8 Å². The number of carbonyl (C=O) groups is 1. The van der Waals surface area contributed by atoms with Crippen LogP contribution in [0.15, 0.2) is 71.9 Å².